The predicted molar refractivity (Wildman–Crippen MR) is 80.3 cm³/mol. The Bertz CT molecular complexity index is 648. The average Bonchev–Trinajstić information content (AvgIpc) is 2.86. The van der Waals surface area contributed by atoms with E-state index in [0.717, 1.165) is 0 Å². The molecule has 0 radical (unpaired) electrons. The lowest BCUT2D eigenvalue weighted by Gasteiger charge is -2.27. The maximum atomic E-state index is 12.3. The van der Waals surface area contributed by atoms with Crippen LogP contribution in [0, 0.1) is 5.92 Å². The fourth-order valence-corrected chi connectivity index (χ4v) is 2.28. The Morgan fingerprint density at radius 3 is 2.12 bits per heavy atom. The highest BCUT2D eigenvalue weighted by molar-refractivity contribution is 6.26. The van der Waals surface area contributed by atoms with Crippen LogP contribution >= 0.6 is 0 Å². The topological polar surface area (TPSA) is 239 Å². The standard InChI is InChI=1S/C13H18N4O9/c14-2-5-8(20)7(10(22)16-5)6(19)1-13(11(23)24,12(25)26)17-9(21)4(15)3-18/h4-5,7,18H,1-3,14-15H2,(H,16,22)(H,17,21)(H,23,24)(H,25,26). The first-order valence-electron chi connectivity index (χ1n) is 7.24. The van der Waals surface area contributed by atoms with Crippen LogP contribution in [0.15, 0.2) is 0 Å². The van der Waals surface area contributed by atoms with Crippen molar-refractivity contribution in [3.05, 3.63) is 0 Å². The highest BCUT2D eigenvalue weighted by atomic mass is 16.4. The number of carbonyl (C=O) groups excluding carboxylic acids is 4. The van der Waals surface area contributed by atoms with E-state index in [1.807, 2.05) is 0 Å². The number of aliphatic carboxylic acids is 2. The number of hydrogen-bond acceptors (Lipinski definition) is 9. The molecule has 9 N–H and O–H groups in total. The van der Waals surface area contributed by atoms with Gasteiger partial charge >= 0.3 is 11.9 Å². The summed E-state index contributed by atoms with van der Waals surface area (Å²) in [5, 5.41) is 31.0. The van der Waals surface area contributed by atoms with Gasteiger partial charge in [0, 0.05) is 6.54 Å². The lowest BCUT2D eigenvalue weighted by Crippen LogP contribution is -2.64. The molecule has 0 spiro atoms. The molecule has 0 aromatic carbocycles. The fraction of sp³-hybridized carbons (Fsp3) is 0.538. The van der Waals surface area contributed by atoms with Crippen molar-refractivity contribution >= 4 is 35.3 Å². The van der Waals surface area contributed by atoms with E-state index in [9.17, 15) is 39.0 Å². The molecule has 1 fully saturated rings. The Hall–Kier alpha value is -2.90. The quantitative estimate of drug-likeness (QED) is 0.188. The summed E-state index contributed by atoms with van der Waals surface area (Å²) in [4.78, 5) is 70.7. The highest BCUT2D eigenvalue weighted by Crippen LogP contribution is 2.20. The Morgan fingerprint density at radius 1 is 1.19 bits per heavy atom. The summed E-state index contributed by atoms with van der Waals surface area (Å²) < 4.78 is 0. The molecule has 1 aliphatic rings. The van der Waals surface area contributed by atoms with Crippen LogP contribution in [0.5, 0.6) is 0 Å². The molecular weight excluding hydrogens is 356 g/mol. The van der Waals surface area contributed by atoms with E-state index in [0.29, 0.717) is 0 Å². The summed E-state index contributed by atoms with van der Waals surface area (Å²) in [6, 6.07) is -2.81. The van der Waals surface area contributed by atoms with Crippen molar-refractivity contribution in [3.8, 4) is 0 Å². The highest BCUT2D eigenvalue weighted by Gasteiger charge is 2.54. The van der Waals surface area contributed by atoms with Crippen LogP contribution < -0.4 is 22.1 Å². The van der Waals surface area contributed by atoms with Crippen molar-refractivity contribution in [1.82, 2.24) is 10.6 Å². The summed E-state index contributed by atoms with van der Waals surface area (Å²) in [6.45, 7) is -1.23. The molecule has 1 aliphatic heterocycles. The molecule has 1 saturated heterocycles. The van der Waals surface area contributed by atoms with E-state index < -0.39 is 71.9 Å². The molecule has 3 unspecified atom stereocenters. The third-order valence-electron chi connectivity index (χ3n) is 3.80. The smallest absolute Gasteiger partial charge is 0.341 e. The van der Waals surface area contributed by atoms with Crippen LogP contribution in [0.4, 0.5) is 0 Å². The molecule has 3 atom stereocenters. The second kappa shape index (κ2) is 7.99. The summed E-state index contributed by atoms with van der Waals surface area (Å²) in [5.41, 5.74) is 7.27. The van der Waals surface area contributed by atoms with Gasteiger partial charge in [-0.2, -0.15) is 0 Å². The van der Waals surface area contributed by atoms with Crippen molar-refractivity contribution < 1.29 is 44.1 Å². The van der Waals surface area contributed by atoms with Gasteiger partial charge in [0.1, 0.15) is 12.1 Å². The largest absolute Gasteiger partial charge is 0.479 e. The number of rotatable bonds is 9. The number of amides is 2. The second-order valence-corrected chi connectivity index (χ2v) is 5.57. The lowest BCUT2D eigenvalue weighted by atomic mass is 9.86. The molecule has 1 heterocycles. The molecule has 2 amide bonds. The number of Topliss-reactive ketones (excluding diaryl/α,β-unsaturated/α-hetero) is 2. The monoisotopic (exact) mass is 374 g/mol. The normalized spacial score (nSPS) is 21.0. The number of aliphatic hydroxyl groups excluding tert-OH is 1. The number of hydrogen-bond donors (Lipinski definition) is 7. The van der Waals surface area contributed by atoms with E-state index in [1.165, 1.54) is 0 Å². The zero-order valence-electron chi connectivity index (χ0n) is 13.3. The van der Waals surface area contributed by atoms with Crippen LogP contribution in [0.1, 0.15) is 6.42 Å². The van der Waals surface area contributed by atoms with E-state index >= 15 is 0 Å². The van der Waals surface area contributed by atoms with Gasteiger partial charge in [0.05, 0.1) is 13.0 Å². The first-order chi connectivity index (χ1) is 12.0. The Morgan fingerprint density at radius 2 is 1.73 bits per heavy atom. The molecule has 144 valence electrons. The molecule has 0 aromatic rings. The zero-order valence-corrected chi connectivity index (χ0v) is 13.3. The molecule has 0 bridgehead atoms. The van der Waals surface area contributed by atoms with Crippen molar-refractivity contribution in [1.29, 1.82) is 0 Å². The first-order valence-corrected chi connectivity index (χ1v) is 7.24. The summed E-state index contributed by atoms with van der Waals surface area (Å²) in [5.74, 6) is -10.8. The van der Waals surface area contributed by atoms with Gasteiger partial charge in [-0.3, -0.25) is 19.2 Å². The molecule has 13 nitrogen and oxygen atoms in total. The van der Waals surface area contributed by atoms with Crippen LogP contribution in [-0.4, -0.2) is 81.4 Å². The van der Waals surface area contributed by atoms with E-state index in [2.05, 4.69) is 5.32 Å². The van der Waals surface area contributed by atoms with Crippen molar-refractivity contribution in [2.75, 3.05) is 13.2 Å². The van der Waals surface area contributed by atoms with Gasteiger partial charge < -0.3 is 37.4 Å². The lowest BCUT2D eigenvalue weighted by molar-refractivity contribution is -0.164. The van der Waals surface area contributed by atoms with E-state index in [-0.39, 0.29) is 6.54 Å². The van der Waals surface area contributed by atoms with Gasteiger partial charge in [-0.1, -0.05) is 0 Å². The van der Waals surface area contributed by atoms with Crippen LogP contribution in [0.2, 0.25) is 0 Å². The molecule has 26 heavy (non-hydrogen) atoms. The van der Waals surface area contributed by atoms with Gasteiger partial charge in [0.15, 0.2) is 17.5 Å². The summed E-state index contributed by atoms with van der Waals surface area (Å²) >= 11 is 0. The number of ketones is 2. The van der Waals surface area contributed by atoms with Gasteiger partial charge in [-0.05, 0) is 0 Å². The molecular formula is C13H18N4O9. The Labute approximate surface area is 145 Å². The Kier molecular flexibility index (Phi) is 6.49. The minimum Gasteiger partial charge on any atom is -0.479 e. The SMILES string of the molecule is NCC1NC(=O)C(C(=O)CC(NC(=O)C(N)CO)(C(=O)O)C(=O)O)C1=O. The maximum Gasteiger partial charge on any atom is 0.341 e. The summed E-state index contributed by atoms with van der Waals surface area (Å²) in [7, 11) is 0. The summed E-state index contributed by atoms with van der Waals surface area (Å²) in [6.07, 6.45) is -1.40. The number of nitrogens with two attached hydrogens (primary N) is 2. The fourth-order valence-electron chi connectivity index (χ4n) is 2.28. The van der Waals surface area contributed by atoms with Gasteiger partial charge in [-0.25, -0.2) is 9.59 Å². The molecule has 0 saturated carbocycles. The number of aliphatic hydroxyl groups is 1. The van der Waals surface area contributed by atoms with Crippen LogP contribution in [0.25, 0.3) is 0 Å². The molecule has 13 heteroatoms. The number of carbonyl (C=O) groups is 6. The van der Waals surface area contributed by atoms with Crippen LogP contribution in [-0.2, 0) is 28.8 Å². The van der Waals surface area contributed by atoms with Gasteiger partial charge in [-0.15, -0.1) is 0 Å². The zero-order chi connectivity index (χ0) is 20.2. The molecule has 1 rings (SSSR count). The molecule has 0 aromatic heterocycles. The number of carboxylic acid groups (broad SMARTS) is 2. The Balaban J connectivity index is 3.17. The minimum absolute atomic E-state index is 0.306. The number of nitrogens with one attached hydrogen (secondary N) is 2. The maximum absolute atomic E-state index is 12.3. The predicted octanol–water partition coefficient (Wildman–Crippen LogP) is -5.07. The second-order valence-electron chi connectivity index (χ2n) is 5.57. The van der Waals surface area contributed by atoms with E-state index in [1.54, 1.807) is 5.32 Å². The average molecular weight is 374 g/mol. The number of carboxylic acids is 2. The van der Waals surface area contributed by atoms with Crippen LogP contribution in [0.3, 0.4) is 0 Å². The third kappa shape index (κ3) is 3.84. The van der Waals surface area contributed by atoms with Crippen molar-refractivity contribution in [2.24, 2.45) is 17.4 Å². The van der Waals surface area contributed by atoms with E-state index in [4.69, 9.17) is 16.6 Å². The van der Waals surface area contributed by atoms with Gasteiger partial charge in [0.25, 0.3) is 0 Å². The van der Waals surface area contributed by atoms with Gasteiger partial charge in [0.2, 0.25) is 17.4 Å². The third-order valence-corrected chi connectivity index (χ3v) is 3.80. The minimum atomic E-state index is -3.18. The first kappa shape index (κ1) is 21.1. The molecule has 0 aliphatic carbocycles. The van der Waals surface area contributed by atoms with Crippen molar-refractivity contribution in [2.45, 2.75) is 24.0 Å². The van der Waals surface area contributed by atoms with Crippen molar-refractivity contribution in [3.63, 3.8) is 0 Å².